The molecule has 4 nitrogen and oxygen atoms in total. The summed E-state index contributed by atoms with van der Waals surface area (Å²) in [7, 11) is 0. The van der Waals surface area contributed by atoms with E-state index in [9.17, 15) is 13.6 Å². The van der Waals surface area contributed by atoms with E-state index in [0.29, 0.717) is 5.69 Å². The van der Waals surface area contributed by atoms with Crippen LogP contribution in [0.5, 0.6) is 0 Å². The molecular weight excluding hydrogens is 252 g/mol. The van der Waals surface area contributed by atoms with Crippen molar-refractivity contribution < 1.29 is 13.6 Å². The maximum atomic E-state index is 13.3. The molecule has 1 aromatic carbocycles. The fourth-order valence-corrected chi connectivity index (χ4v) is 1.43. The number of hydrogen-bond acceptors (Lipinski definition) is 2. The molecule has 6 heteroatoms. The molecule has 0 aliphatic carbocycles. The number of pyridine rings is 1. The van der Waals surface area contributed by atoms with E-state index in [0.717, 1.165) is 18.2 Å². The van der Waals surface area contributed by atoms with Crippen LogP contribution < -0.4 is 10.6 Å². The first-order valence-corrected chi connectivity index (χ1v) is 5.55. The molecular formula is C13H11F2N3O. The first kappa shape index (κ1) is 12.9. The van der Waals surface area contributed by atoms with Gasteiger partial charge in [-0.15, -0.1) is 0 Å². The van der Waals surface area contributed by atoms with Crippen LogP contribution in [0.25, 0.3) is 0 Å². The molecule has 19 heavy (non-hydrogen) atoms. The highest BCUT2D eigenvalue weighted by Gasteiger charge is 2.07. The predicted molar refractivity (Wildman–Crippen MR) is 66.5 cm³/mol. The van der Waals surface area contributed by atoms with Crippen LogP contribution in [0, 0.1) is 11.6 Å². The number of anilines is 1. The van der Waals surface area contributed by atoms with Gasteiger partial charge in [0.1, 0.15) is 11.6 Å². The largest absolute Gasteiger partial charge is 0.332 e. The van der Waals surface area contributed by atoms with Gasteiger partial charge in [0, 0.05) is 12.3 Å². The summed E-state index contributed by atoms with van der Waals surface area (Å²) in [5.74, 6) is -1.32. The molecule has 2 N–H and O–H groups in total. The van der Waals surface area contributed by atoms with E-state index in [1.165, 1.54) is 0 Å². The van der Waals surface area contributed by atoms with E-state index < -0.39 is 17.7 Å². The second-order valence-electron chi connectivity index (χ2n) is 3.75. The molecule has 0 fully saturated rings. The molecule has 0 saturated heterocycles. The Hall–Kier alpha value is -2.50. The van der Waals surface area contributed by atoms with Gasteiger partial charge in [0.15, 0.2) is 0 Å². The molecule has 0 aliphatic heterocycles. The van der Waals surface area contributed by atoms with Gasteiger partial charge < -0.3 is 10.6 Å². The maximum Gasteiger partial charge on any atom is 0.319 e. The highest BCUT2D eigenvalue weighted by molar-refractivity contribution is 5.89. The molecule has 0 aliphatic rings. The fourth-order valence-electron chi connectivity index (χ4n) is 1.43. The number of carbonyl (C=O) groups excluding carboxylic acids is 1. The monoisotopic (exact) mass is 263 g/mol. The molecule has 0 atom stereocenters. The van der Waals surface area contributed by atoms with Crippen molar-refractivity contribution in [3.8, 4) is 0 Å². The Kier molecular flexibility index (Phi) is 4.02. The molecule has 2 amide bonds. The Balaban J connectivity index is 1.93. The van der Waals surface area contributed by atoms with E-state index in [4.69, 9.17) is 0 Å². The number of nitrogens with one attached hydrogen (secondary N) is 2. The predicted octanol–water partition coefficient (Wildman–Crippen LogP) is 2.68. The minimum atomic E-state index is -0.700. The number of nitrogens with zero attached hydrogens (tertiary/aromatic N) is 1. The second-order valence-corrected chi connectivity index (χ2v) is 3.75. The first-order valence-electron chi connectivity index (χ1n) is 5.55. The average Bonchev–Trinajstić information content (AvgIpc) is 2.42. The standard InChI is InChI=1S/C13H11F2N3O/c14-9-4-5-11(15)12(7-9)18-13(19)17-8-10-3-1-2-6-16-10/h1-7H,8H2,(H2,17,18,19). The molecule has 0 bridgehead atoms. The fraction of sp³-hybridized carbons (Fsp3) is 0.0769. The SMILES string of the molecule is O=C(NCc1ccccn1)Nc1cc(F)ccc1F. The molecule has 98 valence electrons. The topological polar surface area (TPSA) is 54.0 Å². The highest BCUT2D eigenvalue weighted by Crippen LogP contribution is 2.14. The van der Waals surface area contributed by atoms with Crippen LogP contribution in [0.15, 0.2) is 42.6 Å². The molecule has 0 radical (unpaired) electrons. The summed E-state index contributed by atoms with van der Waals surface area (Å²) in [5.41, 5.74) is 0.455. The Labute approximate surface area is 108 Å². The van der Waals surface area contributed by atoms with Crippen molar-refractivity contribution in [3.05, 3.63) is 59.9 Å². The Morgan fingerprint density at radius 1 is 1.21 bits per heavy atom. The second kappa shape index (κ2) is 5.90. The van der Waals surface area contributed by atoms with Crippen LogP contribution in [-0.4, -0.2) is 11.0 Å². The minimum absolute atomic E-state index is 0.198. The lowest BCUT2D eigenvalue weighted by Crippen LogP contribution is -2.28. The lowest BCUT2D eigenvalue weighted by molar-refractivity contribution is 0.251. The number of urea groups is 1. The van der Waals surface area contributed by atoms with Gasteiger partial charge >= 0.3 is 6.03 Å². The van der Waals surface area contributed by atoms with Crippen molar-refractivity contribution in [1.82, 2.24) is 10.3 Å². The number of halogens is 2. The summed E-state index contributed by atoms with van der Waals surface area (Å²) >= 11 is 0. The van der Waals surface area contributed by atoms with E-state index in [2.05, 4.69) is 15.6 Å². The van der Waals surface area contributed by atoms with Gasteiger partial charge in [-0.1, -0.05) is 6.07 Å². The number of hydrogen-bond donors (Lipinski definition) is 2. The zero-order valence-electron chi connectivity index (χ0n) is 9.86. The molecule has 0 spiro atoms. The van der Waals surface area contributed by atoms with Crippen LogP contribution >= 0.6 is 0 Å². The Bertz CT molecular complexity index is 575. The molecule has 0 unspecified atom stereocenters. The number of benzene rings is 1. The van der Waals surface area contributed by atoms with E-state index in [1.54, 1.807) is 24.4 Å². The van der Waals surface area contributed by atoms with Gasteiger partial charge in [0.2, 0.25) is 0 Å². The molecule has 2 aromatic rings. The van der Waals surface area contributed by atoms with Crippen LogP contribution in [0.4, 0.5) is 19.3 Å². The third kappa shape index (κ3) is 3.74. The van der Waals surface area contributed by atoms with Gasteiger partial charge in [0.05, 0.1) is 17.9 Å². The lowest BCUT2D eigenvalue weighted by Gasteiger charge is -2.08. The smallest absolute Gasteiger partial charge is 0.319 e. The van der Waals surface area contributed by atoms with Crippen molar-refractivity contribution >= 4 is 11.7 Å². The molecule has 1 aromatic heterocycles. The third-order valence-electron chi connectivity index (χ3n) is 2.33. The summed E-state index contributed by atoms with van der Waals surface area (Å²) in [4.78, 5) is 15.5. The van der Waals surface area contributed by atoms with Crippen molar-refractivity contribution in [2.45, 2.75) is 6.54 Å². The highest BCUT2D eigenvalue weighted by atomic mass is 19.1. The van der Waals surface area contributed by atoms with Crippen LogP contribution in [0.2, 0.25) is 0 Å². The maximum absolute atomic E-state index is 13.3. The van der Waals surface area contributed by atoms with E-state index >= 15 is 0 Å². The number of aromatic nitrogens is 1. The first-order chi connectivity index (χ1) is 9.15. The van der Waals surface area contributed by atoms with Crippen molar-refractivity contribution in [3.63, 3.8) is 0 Å². The Morgan fingerprint density at radius 2 is 2.05 bits per heavy atom. The van der Waals surface area contributed by atoms with Crippen molar-refractivity contribution in [2.24, 2.45) is 0 Å². The van der Waals surface area contributed by atoms with Crippen molar-refractivity contribution in [1.29, 1.82) is 0 Å². The van der Waals surface area contributed by atoms with Crippen LogP contribution in [0.1, 0.15) is 5.69 Å². The Morgan fingerprint density at radius 3 is 2.79 bits per heavy atom. The quantitative estimate of drug-likeness (QED) is 0.894. The summed E-state index contributed by atoms with van der Waals surface area (Å²) in [6.07, 6.45) is 1.60. The van der Waals surface area contributed by atoms with E-state index in [-0.39, 0.29) is 12.2 Å². The number of carbonyl (C=O) groups is 1. The number of amides is 2. The average molecular weight is 263 g/mol. The van der Waals surface area contributed by atoms with Crippen LogP contribution in [0.3, 0.4) is 0 Å². The zero-order valence-corrected chi connectivity index (χ0v) is 9.86. The summed E-state index contributed by atoms with van der Waals surface area (Å²) < 4.78 is 26.2. The zero-order chi connectivity index (χ0) is 13.7. The van der Waals surface area contributed by atoms with Gasteiger partial charge in [-0.05, 0) is 24.3 Å². The summed E-state index contributed by atoms with van der Waals surface area (Å²) in [5, 5.41) is 4.72. The normalized spacial score (nSPS) is 10.0. The molecule has 2 rings (SSSR count). The van der Waals surface area contributed by atoms with Gasteiger partial charge in [-0.25, -0.2) is 13.6 Å². The van der Waals surface area contributed by atoms with Crippen molar-refractivity contribution in [2.75, 3.05) is 5.32 Å². The van der Waals surface area contributed by atoms with Crippen LogP contribution in [-0.2, 0) is 6.54 Å². The van der Waals surface area contributed by atoms with Gasteiger partial charge in [-0.2, -0.15) is 0 Å². The van der Waals surface area contributed by atoms with Gasteiger partial charge in [-0.3, -0.25) is 4.98 Å². The van der Waals surface area contributed by atoms with Gasteiger partial charge in [0.25, 0.3) is 0 Å². The minimum Gasteiger partial charge on any atom is -0.332 e. The molecule has 1 heterocycles. The van der Waals surface area contributed by atoms with E-state index in [1.807, 2.05) is 0 Å². The lowest BCUT2D eigenvalue weighted by atomic mass is 10.3. The summed E-state index contributed by atoms with van der Waals surface area (Å²) in [6.45, 7) is 0.198. The molecule has 0 saturated carbocycles. The summed E-state index contributed by atoms with van der Waals surface area (Å²) in [6, 6.07) is 7.49. The third-order valence-corrected chi connectivity index (χ3v) is 2.33. The number of rotatable bonds is 3.